The van der Waals surface area contributed by atoms with E-state index in [2.05, 4.69) is 57.9 Å². The SMILES string of the molecule is Cc1cc(-c2cnc3cc(-c4ccc(N5CCN(C(C)C)CC5)cc4)ccn23)c2cc(F)cc(F)c2n1. The maximum atomic E-state index is 14.5. The van der Waals surface area contributed by atoms with Crippen LogP contribution in [-0.2, 0) is 0 Å². The number of imidazole rings is 1. The smallest absolute Gasteiger partial charge is 0.152 e. The summed E-state index contributed by atoms with van der Waals surface area (Å²) in [5.41, 5.74) is 6.47. The molecule has 1 aliphatic rings. The second-order valence-electron chi connectivity index (χ2n) is 10.0. The largest absolute Gasteiger partial charge is 0.369 e. The molecule has 1 aliphatic heterocycles. The summed E-state index contributed by atoms with van der Waals surface area (Å²) in [4.78, 5) is 13.9. The number of fused-ring (bicyclic) bond motifs is 2. The van der Waals surface area contributed by atoms with E-state index in [-0.39, 0.29) is 5.52 Å². The molecule has 4 heterocycles. The first kappa shape index (κ1) is 23.6. The van der Waals surface area contributed by atoms with Gasteiger partial charge in [-0.25, -0.2) is 18.7 Å². The Morgan fingerprint density at radius 2 is 1.62 bits per heavy atom. The molecule has 2 aromatic carbocycles. The van der Waals surface area contributed by atoms with E-state index in [0.29, 0.717) is 22.7 Å². The summed E-state index contributed by atoms with van der Waals surface area (Å²) in [5, 5.41) is 0.429. The van der Waals surface area contributed by atoms with Crippen LogP contribution in [0.5, 0.6) is 0 Å². The first-order valence-corrected chi connectivity index (χ1v) is 12.7. The Kier molecular flexibility index (Phi) is 5.88. The first-order chi connectivity index (χ1) is 17.9. The zero-order valence-corrected chi connectivity index (χ0v) is 21.2. The predicted octanol–water partition coefficient (Wildman–Crippen LogP) is 6.33. The second kappa shape index (κ2) is 9.23. The maximum Gasteiger partial charge on any atom is 0.152 e. The van der Waals surface area contributed by atoms with Crippen molar-refractivity contribution in [3.8, 4) is 22.4 Å². The van der Waals surface area contributed by atoms with Crippen LogP contribution in [0.25, 0.3) is 38.9 Å². The van der Waals surface area contributed by atoms with Gasteiger partial charge in [-0.15, -0.1) is 0 Å². The van der Waals surface area contributed by atoms with E-state index in [4.69, 9.17) is 0 Å². The molecule has 0 atom stereocenters. The van der Waals surface area contributed by atoms with E-state index in [9.17, 15) is 8.78 Å². The topological polar surface area (TPSA) is 36.7 Å². The highest BCUT2D eigenvalue weighted by Crippen LogP contribution is 2.32. The van der Waals surface area contributed by atoms with Gasteiger partial charge in [0.1, 0.15) is 17.0 Å². The van der Waals surface area contributed by atoms with E-state index in [1.165, 1.54) is 11.8 Å². The molecule has 7 heteroatoms. The van der Waals surface area contributed by atoms with Gasteiger partial charge >= 0.3 is 0 Å². The Hall–Kier alpha value is -3.84. The summed E-state index contributed by atoms with van der Waals surface area (Å²) in [7, 11) is 0. The van der Waals surface area contributed by atoms with Crippen LogP contribution in [0.4, 0.5) is 14.5 Å². The van der Waals surface area contributed by atoms with Crippen molar-refractivity contribution in [2.24, 2.45) is 0 Å². The molecule has 0 radical (unpaired) electrons. The Morgan fingerprint density at radius 3 is 2.35 bits per heavy atom. The minimum atomic E-state index is -0.665. The fourth-order valence-electron chi connectivity index (χ4n) is 5.31. The van der Waals surface area contributed by atoms with Gasteiger partial charge < -0.3 is 4.90 Å². The standard InChI is InChI=1S/C30H29F2N5/c1-19(2)35-10-12-36(13-11-35)24-6-4-21(5-7-24)22-8-9-37-28(18-33-29(37)15-22)25-14-20(3)34-30-26(25)16-23(31)17-27(30)32/h4-9,14-19H,10-13H2,1-3H3. The van der Waals surface area contributed by atoms with E-state index in [1.807, 2.05) is 28.8 Å². The van der Waals surface area contributed by atoms with Gasteiger partial charge in [-0.1, -0.05) is 12.1 Å². The first-order valence-electron chi connectivity index (χ1n) is 12.7. The number of nitrogens with zero attached hydrogens (tertiary/aromatic N) is 5. The third kappa shape index (κ3) is 4.33. The van der Waals surface area contributed by atoms with Crippen molar-refractivity contribution in [2.45, 2.75) is 26.8 Å². The summed E-state index contributed by atoms with van der Waals surface area (Å²) in [6.45, 7) is 10.6. The molecule has 0 saturated carbocycles. The van der Waals surface area contributed by atoms with Crippen molar-refractivity contribution in [3.05, 3.63) is 84.3 Å². The Labute approximate surface area is 215 Å². The monoisotopic (exact) mass is 497 g/mol. The van der Waals surface area contributed by atoms with Gasteiger partial charge in [0.2, 0.25) is 0 Å². The Bertz CT molecular complexity index is 1600. The third-order valence-corrected chi connectivity index (χ3v) is 7.36. The van der Waals surface area contributed by atoms with Gasteiger partial charge in [-0.2, -0.15) is 0 Å². The van der Waals surface area contributed by atoms with Crippen LogP contribution in [-0.4, -0.2) is 51.5 Å². The van der Waals surface area contributed by atoms with Crippen LogP contribution in [0.15, 0.2) is 67.0 Å². The summed E-state index contributed by atoms with van der Waals surface area (Å²) in [5.74, 6) is -1.29. The van der Waals surface area contributed by atoms with Crippen LogP contribution < -0.4 is 4.90 Å². The van der Waals surface area contributed by atoms with Crippen LogP contribution in [0.1, 0.15) is 19.5 Å². The number of aryl methyl sites for hydroxylation is 1. The molecule has 0 aliphatic carbocycles. The van der Waals surface area contributed by atoms with Gasteiger partial charge in [0.05, 0.1) is 11.9 Å². The van der Waals surface area contributed by atoms with E-state index >= 15 is 0 Å². The molecule has 0 spiro atoms. The van der Waals surface area contributed by atoms with Crippen LogP contribution in [0.3, 0.4) is 0 Å². The summed E-state index contributed by atoms with van der Waals surface area (Å²) >= 11 is 0. The summed E-state index contributed by atoms with van der Waals surface area (Å²) in [6.07, 6.45) is 3.71. The quantitative estimate of drug-likeness (QED) is 0.291. The minimum Gasteiger partial charge on any atom is -0.369 e. The van der Waals surface area contributed by atoms with Crippen molar-refractivity contribution in [2.75, 3.05) is 31.1 Å². The van der Waals surface area contributed by atoms with Gasteiger partial charge in [0, 0.05) is 66.8 Å². The molecule has 37 heavy (non-hydrogen) atoms. The minimum absolute atomic E-state index is 0.161. The van der Waals surface area contributed by atoms with Gasteiger partial charge in [0.25, 0.3) is 0 Å². The number of piperazine rings is 1. The number of hydrogen-bond acceptors (Lipinski definition) is 4. The van der Waals surface area contributed by atoms with E-state index < -0.39 is 11.6 Å². The molecule has 5 aromatic rings. The Morgan fingerprint density at radius 1 is 0.865 bits per heavy atom. The lowest BCUT2D eigenvalue weighted by molar-refractivity contribution is 0.209. The van der Waals surface area contributed by atoms with Crippen molar-refractivity contribution in [1.82, 2.24) is 19.3 Å². The molecule has 0 unspecified atom stereocenters. The fourth-order valence-corrected chi connectivity index (χ4v) is 5.31. The zero-order chi connectivity index (χ0) is 25.7. The molecule has 1 fully saturated rings. The molecular formula is C30H29F2N5. The zero-order valence-electron chi connectivity index (χ0n) is 21.2. The molecule has 5 nitrogen and oxygen atoms in total. The van der Waals surface area contributed by atoms with Gasteiger partial charge in [0.15, 0.2) is 5.82 Å². The number of benzene rings is 2. The van der Waals surface area contributed by atoms with Gasteiger partial charge in [-0.05, 0) is 68.3 Å². The highest BCUT2D eigenvalue weighted by Gasteiger charge is 2.19. The summed E-state index contributed by atoms with van der Waals surface area (Å²) < 4.78 is 30.5. The molecule has 188 valence electrons. The molecule has 0 bridgehead atoms. The third-order valence-electron chi connectivity index (χ3n) is 7.36. The highest BCUT2D eigenvalue weighted by molar-refractivity contribution is 5.94. The molecular weight excluding hydrogens is 468 g/mol. The van der Waals surface area contributed by atoms with Crippen molar-refractivity contribution < 1.29 is 8.78 Å². The molecule has 0 N–H and O–H groups in total. The van der Waals surface area contributed by atoms with Crippen LogP contribution in [0.2, 0.25) is 0 Å². The molecule has 6 rings (SSSR count). The average molecular weight is 498 g/mol. The average Bonchev–Trinajstić information content (AvgIpc) is 3.32. The summed E-state index contributed by atoms with van der Waals surface area (Å²) in [6, 6.07) is 17.4. The predicted molar refractivity (Wildman–Crippen MR) is 145 cm³/mol. The van der Waals surface area contributed by atoms with E-state index in [1.54, 1.807) is 13.1 Å². The lowest BCUT2D eigenvalue weighted by Gasteiger charge is -2.38. The highest BCUT2D eigenvalue weighted by atomic mass is 19.1. The number of anilines is 1. The van der Waals surface area contributed by atoms with Crippen molar-refractivity contribution in [1.29, 1.82) is 0 Å². The number of rotatable bonds is 4. The normalized spacial score (nSPS) is 14.8. The number of aromatic nitrogens is 3. The fraction of sp³-hybridized carbons (Fsp3) is 0.267. The van der Waals surface area contributed by atoms with Crippen LogP contribution in [0, 0.1) is 18.6 Å². The number of halogens is 2. The molecule has 0 amide bonds. The lowest BCUT2D eigenvalue weighted by atomic mass is 10.0. The van der Waals surface area contributed by atoms with Gasteiger partial charge in [-0.3, -0.25) is 9.30 Å². The molecule has 3 aromatic heterocycles. The Balaban J connectivity index is 1.31. The van der Waals surface area contributed by atoms with E-state index in [0.717, 1.165) is 54.7 Å². The maximum absolute atomic E-state index is 14.5. The van der Waals surface area contributed by atoms with Crippen molar-refractivity contribution >= 4 is 22.2 Å². The second-order valence-corrected chi connectivity index (χ2v) is 10.0. The lowest BCUT2D eigenvalue weighted by Crippen LogP contribution is -2.48. The van der Waals surface area contributed by atoms with Crippen LogP contribution >= 0.6 is 0 Å². The number of pyridine rings is 2. The molecule has 1 saturated heterocycles. The van der Waals surface area contributed by atoms with Crippen molar-refractivity contribution in [3.63, 3.8) is 0 Å². The number of hydrogen-bond donors (Lipinski definition) is 0.